The van der Waals surface area contributed by atoms with Gasteiger partial charge in [0.2, 0.25) is 12.0 Å². The third kappa shape index (κ3) is 8.76. The number of nitriles is 1. The topological polar surface area (TPSA) is 115 Å². The van der Waals surface area contributed by atoms with Crippen LogP contribution in [0.2, 0.25) is 0 Å². The van der Waals surface area contributed by atoms with Crippen molar-refractivity contribution in [3.05, 3.63) is 71.8 Å². The molecule has 0 aliphatic heterocycles. The highest BCUT2D eigenvalue weighted by molar-refractivity contribution is 8.55. The number of hydrogen-bond donors (Lipinski definition) is 1. The molecule has 1 aliphatic carbocycles. The second-order valence-corrected chi connectivity index (χ2v) is 14.0. The molecule has 38 heavy (non-hydrogen) atoms. The van der Waals surface area contributed by atoms with Gasteiger partial charge in [0.25, 0.3) is 0 Å². The molecular formula is C28H35N2O6PS. The monoisotopic (exact) mass is 558 g/mol. The van der Waals surface area contributed by atoms with E-state index in [-0.39, 0.29) is 29.1 Å². The van der Waals surface area contributed by atoms with Gasteiger partial charge < -0.3 is 14.0 Å². The summed E-state index contributed by atoms with van der Waals surface area (Å²) in [5.74, 6) is 0.552. The van der Waals surface area contributed by atoms with Crippen LogP contribution in [0.15, 0.2) is 66.2 Å². The van der Waals surface area contributed by atoms with Gasteiger partial charge in [0.05, 0.1) is 5.92 Å². The Balaban J connectivity index is 0.000000432. The van der Waals surface area contributed by atoms with E-state index >= 15 is 0 Å². The third-order valence-electron chi connectivity index (χ3n) is 5.94. The van der Waals surface area contributed by atoms with Crippen LogP contribution in [-0.4, -0.2) is 25.2 Å². The van der Waals surface area contributed by atoms with Crippen molar-refractivity contribution in [3.8, 4) is 17.6 Å². The number of hydrogen-bond acceptors (Lipinski definition) is 8. The van der Waals surface area contributed by atoms with Crippen LogP contribution in [0.4, 0.5) is 0 Å². The molecule has 0 bridgehead atoms. The molecule has 4 atom stereocenters. The SMILES string of the molecule is CC(C)=CC1C(C(=O)OC(C#N)c2cccc(Oc3ccccc3)c2)C1(C)C.COP(=O)(NC(C)=O)SC. The van der Waals surface area contributed by atoms with Crippen molar-refractivity contribution in [1.82, 2.24) is 5.09 Å². The number of esters is 1. The lowest BCUT2D eigenvalue weighted by molar-refractivity contribution is -0.149. The first-order valence-electron chi connectivity index (χ1n) is 11.9. The summed E-state index contributed by atoms with van der Waals surface area (Å²) in [7, 11) is 1.30. The van der Waals surface area contributed by atoms with Crippen LogP contribution in [0.25, 0.3) is 0 Å². The summed E-state index contributed by atoms with van der Waals surface area (Å²) < 4.78 is 27.1. The van der Waals surface area contributed by atoms with Gasteiger partial charge in [0, 0.05) is 19.6 Å². The highest BCUT2D eigenvalue weighted by atomic mass is 32.7. The lowest BCUT2D eigenvalue weighted by Crippen LogP contribution is -2.15. The largest absolute Gasteiger partial charge is 0.457 e. The second kappa shape index (κ2) is 13.7. The van der Waals surface area contributed by atoms with Gasteiger partial charge in [-0.25, -0.2) is 0 Å². The molecule has 0 radical (unpaired) electrons. The summed E-state index contributed by atoms with van der Waals surface area (Å²) >= 11 is 1.00. The lowest BCUT2D eigenvalue weighted by Gasteiger charge is -2.13. The number of para-hydroxylation sites is 1. The Morgan fingerprint density at radius 3 is 2.24 bits per heavy atom. The summed E-state index contributed by atoms with van der Waals surface area (Å²) in [6.07, 6.45) is 2.76. The summed E-state index contributed by atoms with van der Waals surface area (Å²) in [5, 5.41) is 11.8. The Kier molecular flexibility index (Phi) is 11.2. The molecule has 3 rings (SSSR count). The van der Waals surface area contributed by atoms with Crippen molar-refractivity contribution in [1.29, 1.82) is 5.26 Å². The van der Waals surface area contributed by atoms with E-state index in [1.807, 2.05) is 50.2 Å². The molecule has 1 amide bonds. The third-order valence-corrected chi connectivity index (χ3v) is 9.66. The first-order chi connectivity index (χ1) is 17.9. The van der Waals surface area contributed by atoms with Gasteiger partial charge in [0.15, 0.2) is 0 Å². The predicted octanol–water partition coefficient (Wildman–Crippen LogP) is 7.07. The molecular weight excluding hydrogens is 523 g/mol. The minimum Gasteiger partial charge on any atom is -0.457 e. The van der Waals surface area contributed by atoms with Gasteiger partial charge in [-0.1, -0.05) is 67.2 Å². The van der Waals surface area contributed by atoms with Crippen LogP contribution in [0.5, 0.6) is 11.5 Å². The van der Waals surface area contributed by atoms with E-state index in [1.54, 1.807) is 24.5 Å². The molecule has 0 heterocycles. The molecule has 1 fully saturated rings. The first kappa shape index (κ1) is 31.2. The second-order valence-electron chi connectivity index (χ2n) is 9.53. The molecule has 1 aliphatic rings. The quantitative estimate of drug-likeness (QED) is 0.198. The van der Waals surface area contributed by atoms with Crippen molar-refractivity contribution in [3.63, 3.8) is 0 Å². The summed E-state index contributed by atoms with van der Waals surface area (Å²) in [6.45, 7) is 6.52. The van der Waals surface area contributed by atoms with E-state index in [0.717, 1.165) is 11.4 Å². The first-order valence-corrected chi connectivity index (χ1v) is 15.4. The molecule has 1 saturated carbocycles. The number of nitrogens with zero attached hydrogens (tertiary/aromatic N) is 1. The number of amides is 1. The Hall–Kier alpha value is -3.05. The predicted molar refractivity (Wildman–Crippen MR) is 150 cm³/mol. The van der Waals surface area contributed by atoms with Crippen LogP contribution in [0, 0.1) is 28.6 Å². The van der Waals surface area contributed by atoms with Crippen LogP contribution in [-0.2, 0) is 23.4 Å². The zero-order chi connectivity index (χ0) is 28.5. The number of nitrogens with one attached hydrogen (secondary N) is 1. The van der Waals surface area contributed by atoms with E-state index in [9.17, 15) is 19.4 Å². The molecule has 8 nitrogen and oxygen atoms in total. The molecule has 0 saturated heterocycles. The van der Waals surface area contributed by atoms with E-state index < -0.39 is 12.8 Å². The Morgan fingerprint density at radius 2 is 1.74 bits per heavy atom. The van der Waals surface area contributed by atoms with Crippen LogP contribution >= 0.6 is 18.1 Å². The number of carbonyl (C=O) groups excluding carboxylic acids is 2. The van der Waals surface area contributed by atoms with Gasteiger partial charge in [-0.05, 0) is 55.7 Å². The Bertz CT molecular complexity index is 1230. The molecule has 1 N–H and O–H groups in total. The molecule has 204 valence electrons. The van der Waals surface area contributed by atoms with Crippen molar-refractivity contribution in [2.24, 2.45) is 17.3 Å². The van der Waals surface area contributed by atoms with Gasteiger partial charge in [-0.2, -0.15) is 5.26 Å². The molecule has 2 aromatic rings. The summed E-state index contributed by atoms with van der Waals surface area (Å²) in [5.41, 5.74) is 1.63. The highest BCUT2D eigenvalue weighted by Gasteiger charge is 2.61. The number of ether oxygens (including phenoxy) is 2. The number of rotatable bonds is 9. The van der Waals surface area contributed by atoms with Crippen molar-refractivity contribution in [2.45, 2.75) is 40.7 Å². The highest BCUT2D eigenvalue weighted by Crippen LogP contribution is 2.60. The maximum atomic E-state index is 12.7. The number of carbonyl (C=O) groups is 2. The summed E-state index contributed by atoms with van der Waals surface area (Å²) in [6, 6.07) is 18.6. The fraction of sp³-hybridized carbons (Fsp3) is 0.393. The maximum Gasteiger partial charge on any atom is 0.352 e. The normalized spacial score (nSPS) is 19.2. The standard InChI is InChI=1S/C24H25NO3.C4H10NO3PS/c1-16(2)13-20-22(24(20,3)4)23(26)28-21(15-25)17-9-8-12-19(14-17)27-18-10-6-5-7-11-18;1-4(6)5-9(7,8-2)10-3/h5-14,20-22H,1-4H3;1-3H3,(H,5,6,7). The average Bonchev–Trinajstić information content (AvgIpc) is 3.41. The van der Waals surface area contributed by atoms with Crippen molar-refractivity contribution < 1.29 is 28.2 Å². The molecule has 2 aromatic carbocycles. The molecule has 4 unspecified atom stereocenters. The van der Waals surface area contributed by atoms with E-state index in [2.05, 4.69) is 35.6 Å². The van der Waals surface area contributed by atoms with Crippen molar-refractivity contribution >= 4 is 30.0 Å². The van der Waals surface area contributed by atoms with Gasteiger partial charge in [-0.3, -0.25) is 19.2 Å². The maximum absolute atomic E-state index is 12.7. The van der Waals surface area contributed by atoms with Gasteiger partial charge >= 0.3 is 12.7 Å². The summed E-state index contributed by atoms with van der Waals surface area (Å²) in [4.78, 5) is 23.1. The van der Waals surface area contributed by atoms with Crippen LogP contribution < -0.4 is 9.82 Å². The fourth-order valence-corrected chi connectivity index (χ4v) is 5.70. The van der Waals surface area contributed by atoms with Crippen molar-refractivity contribution in [2.75, 3.05) is 13.4 Å². The smallest absolute Gasteiger partial charge is 0.352 e. The molecule has 10 heteroatoms. The van der Waals surface area contributed by atoms with E-state index in [1.165, 1.54) is 19.6 Å². The zero-order valence-electron chi connectivity index (χ0n) is 22.8. The Labute approximate surface area is 229 Å². The Morgan fingerprint density at radius 1 is 1.11 bits per heavy atom. The lowest BCUT2D eigenvalue weighted by atomic mass is 10.1. The average molecular weight is 559 g/mol. The van der Waals surface area contributed by atoms with Crippen LogP contribution in [0.3, 0.4) is 0 Å². The van der Waals surface area contributed by atoms with Gasteiger partial charge in [0.1, 0.15) is 17.6 Å². The minimum absolute atomic E-state index is 0.146. The van der Waals surface area contributed by atoms with Gasteiger partial charge in [-0.15, -0.1) is 0 Å². The number of benzene rings is 2. The van der Waals surface area contributed by atoms with E-state index in [0.29, 0.717) is 17.1 Å². The minimum atomic E-state index is -2.92. The van der Waals surface area contributed by atoms with E-state index in [4.69, 9.17) is 9.47 Å². The zero-order valence-corrected chi connectivity index (χ0v) is 24.5. The molecule has 0 aromatic heterocycles. The van der Waals surface area contributed by atoms with Crippen LogP contribution in [0.1, 0.15) is 46.3 Å². The fourth-order valence-electron chi connectivity index (χ4n) is 3.88. The number of allylic oxidation sites excluding steroid dienone is 2. The molecule has 0 spiro atoms.